The number of nitrogens with zero attached hydrogens (tertiary/aromatic N) is 1. The Balaban J connectivity index is 2.27. The second kappa shape index (κ2) is 9.53. The highest BCUT2D eigenvalue weighted by molar-refractivity contribution is 9.10. The van der Waals surface area contributed by atoms with E-state index >= 15 is 0 Å². The second-order valence-electron chi connectivity index (χ2n) is 7.03. The molecule has 1 heterocycles. The number of aliphatic hydroxyl groups is 1. The van der Waals surface area contributed by atoms with E-state index in [-0.39, 0.29) is 24.5 Å². The van der Waals surface area contributed by atoms with E-state index in [0.29, 0.717) is 22.6 Å². The Bertz CT molecular complexity index is 1050. The summed E-state index contributed by atoms with van der Waals surface area (Å²) >= 11 is 3.43. The van der Waals surface area contributed by atoms with E-state index in [1.807, 2.05) is 6.92 Å². The number of likely N-dealkylation sites (tertiary alicyclic amines) is 1. The van der Waals surface area contributed by atoms with Crippen LogP contribution in [0.5, 0.6) is 11.5 Å². The number of benzene rings is 2. The molecule has 0 aliphatic carbocycles. The summed E-state index contributed by atoms with van der Waals surface area (Å²) in [6.07, 6.45) is 0. The smallest absolute Gasteiger partial charge is 0.295 e. The number of halogens is 1. The molecular weight excluding hydrogens is 466 g/mol. The third kappa shape index (κ3) is 4.18. The van der Waals surface area contributed by atoms with Gasteiger partial charge in [-0.2, -0.15) is 0 Å². The predicted octanol–water partition coefficient (Wildman–Crippen LogP) is 3.84. The van der Waals surface area contributed by atoms with Gasteiger partial charge in [0.25, 0.3) is 11.7 Å². The van der Waals surface area contributed by atoms with E-state index in [1.54, 1.807) is 36.4 Å². The maximum Gasteiger partial charge on any atom is 0.295 e. The van der Waals surface area contributed by atoms with Gasteiger partial charge < -0.3 is 24.2 Å². The molecule has 0 bridgehead atoms. The molecule has 8 heteroatoms. The summed E-state index contributed by atoms with van der Waals surface area (Å²) in [5.41, 5.74) is 1.85. The minimum Gasteiger partial charge on any atom is -0.507 e. The van der Waals surface area contributed by atoms with Crippen LogP contribution in [0.1, 0.15) is 22.7 Å². The first-order chi connectivity index (χ1) is 14.8. The summed E-state index contributed by atoms with van der Waals surface area (Å²) in [6.45, 7) is 2.27. The van der Waals surface area contributed by atoms with E-state index in [2.05, 4.69) is 15.9 Å². The minimum atomic E-state index is -0.857. The number of aryl methyl sites for hydroxylation is 1. The third-order valence-corrected chi connectivity index (χ3v) is 6.13. The van der Waals surface area contributed by atoms with Crippen molar-refractivity contribution >= 4 is 33.4 Å². The molecule has 0 spiro atoms. The highest BCUT2D eigenvalue weighted by atomic mass is 79.9. The molecule has 0 aromatic heterocycles. The minimum absolute atomic E-state index is 0.00521. The van der Waals surface area contributed by atoms with Gasteiger partial charge in [0.05, 0.1) is 32.4 Å². The van der Waals surface area contributed by atoms with Crippen LogP contribution in [0.15, 0.2) is 46.4 Å². The number of Topliss-reactive ketones (excluding diaryl/α,β-unsaturated/α-hetero) is 1. The Morgan fingerprint density at radius 3 is 2.48 bits per heavy atom. The lowest BCUT2D eigenvalue weighted by molar-refractivity contribution is -0.140. The highest BCUT2D eigenvalue weighted by Crippen LogP contribution is 2.45. The van der Waals surface area contributed by atoms with Gasteiger partial charge >= 0.3 is 0 Å². The van der Waals surface area contributed by atoms with Crippen LogP contribution in [0, 0.1) is 6.92 Å². The van der Waals surface area contributed by atoms with Crippen molar-refractivity contribution in [2.45, 2.75) is 13.0 Å². The van der Waals surface area contributed by atoms with E-state index in [9.17, 15) is 14.7 Å². The molecule has 2 aromatic carbocycles. The van der Waals surface area contributed by atoms with Crippen molar-refractivity contribution in [1.82, 2.24) is 4.90 Å². The summed E-state index contributed by atoms with van der Waals surface area (Å²) in [5, 5.41) is 11.2. The van der Waals surface area contributed by atoms with Gasteiger partial charge in [-0.1, -0.05) is 34.1 Å². The lowest BCUT2D eigenvalue weighted by Gasteiger charge is -2.27. The zero-order valence-electron chi connectivity index (χ0n) is 17.8. The quantitative estimate of drug-likeness (QED) is 0.361. The van der Waals surface area contributed by atoms with Crippen molar-refractivity contribution in [3.63, 3.8) is 0 Å². The number of methoxy groups -OCH3 is 3. The number of amides is 1. The topological polar surface area (TPSA) is 85.3 Å². The van der Waals surface area contributed by atoms with Crippen molar-refractivity contribution < 1.29 is 28.9 Å². The summed E-state index contributed by atoms with van der Waals surface area (Å²) in [5.74, 6) is -0.871. The Labute approximate surface area is 189 Å². The van der Waals surface area contributed by atoms with Crippen LogP contribution in [0.25, 0.3) is 5.76 Å². The average Bonchev–Trinajstić information content (AvgIpc) is 3.02. The van der Waals surface area contributed by atoms with Crippen LogP contribution >= 0.6 is 15.9 Å². The normalized spacial score (nSPS) is 17.8. The number of ketones is 1. The lowest BCUT2D eigenvalue weighted by Crippen LogP contribution is -2.32. The molecule has 1 fully saturated rings. The molecule has 3 rings (SSSR count). The van der Waals surface area contributed by atoms with Crippen LogP contribution in [-0.4, -0.2) is 56.2 Å². The van der Waals surface area contributed by atoms with Crippen molar-refractivity contribution in [1.29, 1.82) is 0 Å². The average molecular weight is 490 g/mol. The lowest BCUT2D eigenvalue weighted by atomic mass is 9.94. The molecular formula is C23H24BrNO6. The number of ether oxygens (including phenoxy) is 3. The molecule has 1 N–H and O–H groups in total. The van der Waals surface area contributed by atoms with Gasteiger partial charge in [0.2, 0.25) is 0 Å². The predicted molar refractivity (Wildman–Crippen MR) is 119 cm³/mol. The third-order valence-electron chi connectivity index (χ3n) is 5.24. The Kier molecular flexibility index (Phi) is 7.02. The first-order valence-corrected chi connectivity index (χ1v) is 10.4. The highest BCUT2D eigenvalue weighted by Gasteiger charge is 2.47. The summed E-state index contributed by atoms with van der Waals surface area (Å²) in [6, 6.07) is 9.59. The summed E-state index contributed by atoms with van der Waals surface area (Å²) in [4.78, 5) is 27.4. The van der Waals surface area contributed by atoms with Crippen LogP contribution in [0.4, 0.5) is 0 Å². The van der Waals surface area contributed by atoms with Crippen LogP contribution in [0.3, 0.4) is 0 Å². The van der Waals surface area contributed by atoms with E-state index in [1.165, 1.54) is 26.2 Å². The molecule has 164 valence electrons. The molecule has 0 saturated carbocycles. The van der Waals surface area contributed by atoms with E-state index in [4.69, 9.17) is 14.2 Å². The first-order valence-electron chi connectivity index (χ1n) is 9.60. The monoisotopic (exact) mass is 489 g/mol. The molecule has 1 aliphatic rings. The number of carbonyl (C=O) groups excluding carboxylic acids is 2. The Hall–Kier alpha value is -2.84. The van der Waals surface area contributed by atoms with Crippen molar-refractivity contribution in [2.75, 3.05) is 34.5 Å². The SMILES string of the molecule is COCCN1C(=O)C(=O)/C(=C(/O)c2ccc(Br)c(C)c2)C1c1cccc(OC)c1OC. The molecule has 1 amide bonds. The van der Waals surface area contributed by atoms with Crippen LogP contribution in [-0.2, 0) is 14.3 Å². The Morgan fingerprint density at radius 1 is 1.13 bits per heavy atom. The van der Waals surface area contributed by atoms with E-state index in [0.717, 1.165) is 10.0 Å². The van der Waals surface area contributed by atoms with Gasteiger partial charge in [0.1, 0.15) is 5.76 Å². The molecule has 1 unspecified atom stereocenters. The number of aliphatic hydroxyl groups excluding tert-OH is 1. The van der Waals surface area contributed by atoms with Gasteiger partial charge in [0.15, 0.2) is 11.5 Å². The van der Waals surface area contributed by atoms with Crippen molar-refractivity contribution in [2.24, 2.45) is 0 Å². The van der Waals surface area contributed by atoms with Crippen LogP contribution < -0.4 is 9.47 Å². The van der Waals surface area contributed by atoms with Gasteiger partial charge in [0, 0.05) is 29.3 Å². The van der Waals surface area contributed by atoms with Gasteiger partial charge in [-0.25, -0.2) is 0 Å². The van der Waals surface area contributed by atoms with E-state index < -0.39 is 17.7 Å². The summed E-state index contributed by atoms with van der Waals surface area (Å²) in [7, 11) is 4.51. The molecule has 1 aliphatic heterocycles. The van der Waals surface area contributed by atoms with Gasteiger partial charge in [-0.15, -0.1) is 0 Å². The molecule has 1 atom stereocenters. The molecule has 2 aromatic rings. The fraction of sp³-hybridized carbons (Fsp3) is 0.304. The maximum atomic E-state index is 13.1. The number of carbonyl (C=O) groups is 2. The number of para-hydroxylation sites is 1. The maximum absolute atomic E-state index is 13.1. The largest absolute Gasteiger partial charge is 0.507 e. The Morgan fingerprint density at radius 2 is 1.87 bits per heavy atom. The summed E-state index contributed by atoms with van der Waals surface area (Å²) < 4.78 is 17.0. The zero-order valence-corrected chi connectivity index (χ0v) is 19.4. The number of hydrogen-bond acceptors (Lipinski definition) is 6. The first kappa shape index (κ1) is 22.8. The van der Waals surface area contributed by atoms with Crippen LogP contribution in [0.2, 0.25) is 0 Å². The molecule has 31 heavy (non-hydrogen) atoms. The standard InChI is InChI=1S/C23H24BrNO6/c1-13-12-14(8-9-16(13)24)20(26)18-19(25(10-11-29-2)23(28)21(18)27)15-6-5-7-17(30-3)22(15)31-4/h5-9,12,19,26H,10-11H2,1-4H3/b20-18+. The fourth-order valence-corrected chi connectivity index (χ4v) is 3.95. The number of rotatable bonds is 7. The van der Waals surface area contributed by atoms with Gasteiger partial charge in [-0.3, -0.25) is 9.59 Å². The number of hydrogen-bond donors (Lipinski definition) is 1. The second-order valence-corrected chi connectivity index (χ2v) is 7.89. The van der Waals surface area contributed by atoms with Gasteiger partial charge in [-0.05, 0) is 30.7 Å². The van der Waals surface area contributed by atoms with Crippen molar-refractivity contribution in [3.05, 3.63) is 63.1 Å². The zero-order chi connectivity index (χ0) is 22.7. The molecule has 7 nitrogen and oxygen atoms in total. The molecule has 0 radical (unpaired) electrons. The van der Waals surface area contributed by atoms with Crippen molar-refractivity contribution in [3.8, 4) is 11.5 Å². The fourth-order valence-electron chi connectivity index (χ4n) is 3.70. The molecule has 1 saturated heterocycles.